The maximum absolute atomic E-state index is 12.7. The molecule has 2 saturated heterocycles. The molecule has 2 heterocycles. The summed E-state index contributed by atoms with van der Waals surface area (Å²) in [5.41, 5.74) is 12.9. The van der Waals surface area contributed by atoms with Gasteiger partial charge in [-0.1, -0.05) is 84.9 Å². The highest BCUT2D eigenvalue weighted by atomic mass is 16.7. The van der Waals surface area contributed by atoms with Crippen LogP contribution in [-0.4, -0.2) is 60.8 Å². The number of nitrogens with zero attached hydrogens (tertiary/aromatic N) is 1. The standard InChI is InChI=1S/C40H46N4O6/c41-35-8-3-4-9-36(35)43-39(47)11-5-10-38(46)42-25-32-6-1-2-7-34(32)29-16-18-31(19-17-29)40-49-33(26-44-20-22-48-23-21-44)24-37(50-40)30-14-12-28(27-45)13-15-30/h1-4,6-9,12-19,33,37,40,45H,5,10-11,20-27,41H2,(H,42,46)(H,43,47)/t33-,37+,40+/m1/s1. The summed E-state index contributed by atoms with van der Waals surface area (Å²) in [6.07, 6.45) is 0.941. The molecule has 0 unspecified atom stereocenters. The Balaban J connectivity index is 1.07. The Morgan fingerprint density at radius 2 is 1.52 bits per heavy atom. The Labute approximate surface area is 293 Å². The minimum atomic E-state index is -0.534. The Bertz CT molecular complexity index is 1710. The van der Waals surface area contributed by atoms with Crippen LogP contribution in [0.25, 0.3) is 11.1 Å². The number of morpholine rings is 1. The Hall–Kier alpha value is -4.58. The topological polar surface area (TPSA) is 135 Å². The molecule has 0 saturated carbocycles. The van der Waals surface area contributed by atoms with Gasteiger partial charge in [-0.05, 0) is 46.4 Å². The summed E-state index contributed by atoms with van der Waals surface area (Å²) in [7, 11) is 0. The first-order valence-electron chi connectivity index (χ1n) is 17.3. The van der Waals surface area contributed by atoms with Gasteiger partial charge in [-0.15, -0.1) is 0 Å². The van der Waals surface area contributed by atoms with Crippen LogP contribution in [0.4, 0.5) is 11.4 Å². The van der Waals surface area contributed by atoms with Crippen molar-refractivity contribution in [3.63, 3.8) is 0 Å². The lowest BCUT2D eigenvalue weighted by molar-refractivity contribution is -0.253. The zero-order valence-corrected chi connectivity index (χ0v) is 28.3. The van der Waals surface area contributed by atoms with E-state index in [1.807, 2.05) is 72.8 Å². The molecule has 4 aromatic carbocycles. The summed E-state index contributed by atoms with van der Waals surface area (Å²) in [4.78, 5) is 27.4. The molecule has 3 atom stereocenters. The molecule has 2 aliphatic rings. The molecule has 0 bridgehead atoms. The number of carbonyl (C=O) groups excluding carboxylic acids is 2. The third-order valence-electron chi connectivity index (χ3n) is 9.21. The van der Waals surface area contributed by atoms with Crippen LogP contribution in [0.5, 0.6) is 0 Å². The fourth-order valence-electron chi connectivity index (χ4n) is 6.40. The number of hydrogen-bond acceptors (Lipinski definition) is 8. The normalized spacial score (nSPS) is 19.5. The van der Waals surface area contributed by atoms with Crippen LogP contribution in [-0.2, 0) is 37.0 Å². The van der Waals surface area contributed by atoms with E-state index >= 15 is 0 Å². The maximum atomic E-state index is 12.7. The lowest BCUT2D eigenvalue weighted by Gasteiger charge is -2.39. The van der Waals surface area contributed by atoms with Gasteiger partial charge in [-0.3, -0.25) is 14.5 Å². The predicted octanol–water partition coefficient (Wildman–Crippen LogP) is 5.73. The van der Waals surface area contributed by atoms with Crippen LogP contribution < -0.4 is 16.4 Å². The number of para-hydroxylation sites is 2. The van der Waals surface area contributed by atoms with Crippen molar-refractivity contribution < 1.29 is 28.9 Å². The number of hydrogen-bond donors (Lipinski definition) is 4. The molecular weight excluding hydrogens is 632 g/mol. The first-order valence-corrected chi connectivity index (χ1v) is 17.3. The van der Waals surface area contributed by atoms with E-state index < -0.39 is 6.29 Å². The quantitative estimate of drug-likeness (QED) is 0.132. The lowest BCUT2D eigenvalue weighted by atomic mass is 9.97. The number of aliphatic hydroxyl groups excluding tert-OH is 1. The van der Waals surface area contributed by atoms with Crippen molar-refractivity contribution in [2.75, 3.05) is 43.9 Å². The van der Waals surface area contributed by atoms with E-state index in [1.54, 1.807) is 12.1 Å². The zero-order chi connectivity index (χ0) is 34.7. The number of benzene rings is 4. The van der Waals surface area contributed by atoms with Gasteiger partial charge >= 0.3 is 0 Å². The van der Waals surface area contributed by atoms with Crippen LogP contribution >= 0.6 is 0 Å². The molecule has 4 aromatic rings. The van der Waals surface area contributed by atoms with Crippen LogP contribution in [0.1, 0.15) is 60.3 Å². The van der Waals surface area contributed by atoms with E-state index in [0.29, 0.717) is 24.3 Å². The van der Waals surface area contributed by atoms with E-state index in [0.717, 1.165) is 72.6 Å². The van der Waals surface area contributed by atoms with Crippen molar-refractivity contribution >= 4 is 23.2 Å². The smallest absolute Gasteiger partial charge is 0.224 e. The summed E-state index contributed by atoms with van der Waals surface area (Å²) >= 11 is 0. The molecular formula is C40H46N4O6. The van der Waals surface area contributed by atoms with Gasteiger partial charge in [0, 0.05) is 51.0 Å². The average molecular weight is 679 g/mol. The van der Waals surface area contributed by atoms with Gasteiger partial charge in [0.1, 0.15) is 0 Å². The molecule has 0 radical (unpaired) electrons. The third-order valence-corrected chi connectivity index (χ3v) is 9.21. The van der Waals surface area contributed by atoms with Gasteiger partial charge in [-0.2, -0.15) is 0 Å². The minimum absolute atomic E-state index is 0.00521. The van der Waals surface area contributed by atoms with E-state index in [-0.39, 0.29) is 43.5 Å². The zero-order valence-electron chi connectivity index (χ0n) is 28.3. The van der Waals surface area contributed by atoms with Crippen LogP contribution in [0.2, 0.25) is 0 Å². The third kappa shape index (κ3) is 9.56. The molecule has 50 heavy (non-hydrogen) atoms. The molecule has 0 spiro atoms. The number of anilines is 2. The van der Waals surface area contributed by atoms with E-state index in [1.165, 1.54) is 0 Å². The molecule has 2 fully saturated rings. The summed E-state index contributed by atoms with van der Waals surface area (Å²) < 4.78 is 18.7. The Morgan fingerprint density at radius 3 is 2.28 bits per heavy atom. The first kappa shape index (κ1) is 35.3. The number of nitrogens with one attached hydrogen (secondary N) is 2. The van der Waals surface area contributed by atoms with Gasteiger partial charge < -0.3 is 35.7 Å². The predicted molar refractivity (Wildman–Crippen MR) is 193 cm³/mol. The van der Waals surface area contributed by atoms with Gasteiger partial charge in [0.25, 0.3) is 0 Å². The van der Waals surface area contributed by atoms with Gasteiger partial charge in [0.05, 0.1) is 43.4 Å². The van der Waals surface area contributed by atoms with Crippen LogP contribution in [0.3, 0.4) is 0 Å². The fraction of sp³-hybridized carbons (Fsp3) is 0.350. The van der Waals surface area contributed by atoms with Crippen molar-refractivity contribution in [2.24, 2.45) is 0 Å². The van der Waals surface area contributed by atoms with Crippen LogP contribution in [0.15, 0.2) is 97.1 Å². The first-order chi connectivity index (χ1) is 24.4. The highest BCUT2D eigenvalue weighted by molar-refractivity contribution is 5.94. The second-order valence-electron chi connectivity index (χ2n) is 12.8. The highest BCUT2D eigenvalue weighted by Gasteiger charge is 2.33. The SMILES string of the molecule is Nc1ccccc1NC(=O)CCCC(=O)NCc1ccccc1-c1ccc([C@H]2O[C@@H](CN3CCOCC3)C[C@@H](c3ccc(CO)cc3)O2)cc1. The summed E-state index contributed by atoms with van der Waals surface area (Å²) in [6.45, 7) is 4.42. The molecule has 2 amide bonds. The van der Waals surface area contributed by atoms with Crippen molar-refractivity contribution in [3.05, 3.63) is 119 Å². The number of nitrogen functional groups attached to an aromatic ring is 1. The number of carbonyl (C=O) groups is 2. The number of ether oxygens (including phenoxy) is 3. The van der Waals surface area contributed by atoms with Crippen molar-refractivity contribution in [3.8, 4) is 11.1 Å². The summed E-state index contributed by atoms with van der Waals surface area (Å²) in [5.74, 6) is -0.283. The van der Waals surface area contributed by atoms with Gasteiger partial charge in [0.15, 0.2) is 6.29 Å². The molecule has 0 aromatic heterocycles. The number of nitrogens with two attached hydrogens (primary N) is 1. The van der Waals surface area contributed by atoms with E-state index in [2.05, 4.69) is 27.7 Å². The molecule has 10 heteroatoms. The molecule has 262 valence electrons. The number of rotatable bonds is 13. The number of amides is 2. The van der Waals surface area contributed by atoms with Crippen molar-refractivity contribution in [1.29, 1.82) is 0 Å². The fourth-order valence-corrected chi connectivity index (χ4v) is 6.40. The second-order valence-corrected chi connectivity index (χ2v) is 12.8. The largest absolute Gasteiger partial charge is 0.397 e. The van der Waals surface area contributed by atoms with E-state index in [9.17, 15) is 14.7 Å². The molecule has 2 aliphatic heterocycles. The van der Waals surface area contributed by atoms with Crippen molar-refractivity contribution in [1.82, 2.24) is 10.2 Å². The molecule has 10 nitrogen and oxygen atoms in total. The second kappa shape index (κ2) is 17.4. The summed E-state index contributed by atoms with van der Waals surface area (Å²) in [5, 5.41) is 15.3. The minimum Gasteiger partial charge on any atom is -0.397 e. The molecule has 5 N–H and O–H groups in total. The van der Waals surface area contributed by atoms with E-state index in [4.69, 9.17) is 19.9 Å². The Kier molecular flexibility index (Phi) is 12.3. The summed E-state index contributed by atoms with van der Waals surface area (Å²) in [6, 6.07) is 31.3. The monoisotopic (exact) mass is 678 g/mol. The van der Waals surface area contributed by atoms with Crippen LogP contribution in [0, 0.1) is 0 Å². The Morgan fingerprint density at radius 1 is 0.820 bits per heavy atom. The highest BCUT2D eigenvalue weighted by Crippen LogP contribution is 2.39. The average Bonchev–Trinajstić information content (AvgIpc) is 3.15. The van der Waals surface area contributed by atoms with Crippen molar-refractivity contribution in [2.45, 2.75) is 57.3 Å². The molecule has 6 rings (SSSR count). The van der Waals surface area contributed by atoms with Gasteiger partial charge in [0.2, 0.25) is 11.8 Å². The lowest BCUT2D eigenvalue weighted by Crippen LogP contribution is -2.44. The number of aliphatic hydroxyl groups is 1. The molecule has 0 aliphatic carbocycles. The maximum Gasteiger partial charge on any atom is 0.224 e. The van der Waals surface area contributed by atoms with Gasteiger partial charge in [-0.25, -0.2) is 0 Å².